The van der Waals surface area contributed by atoms with Gasteiger partial charge in [0, 0.05) is 38.4 Å². The second kappa shape index (κ2) is 10.7. The van der Waals surface area contributed by atoms with Crippen molar-refractivity contribution < 1.29 is 49.0 Å². The SMILES string of the molecule is C/C=C(/OC(C(F)(F)F)C(F)(F)F)N1CCN(Cc2ccc(C(F)(F)F)cc2N2C3CCC2COC3)CC1. The Bertz CT molecular complexity index is 971. The van der Waals surface area contributed by atoms with E-state index in [0.29, 0.717) is 24.5 Å². The smallest absolute Gasteiger partial charge is 0.434 e. The first kappa shape index (κ1) is 28.7. The zero-order chi connectivity index (χ0) is 27.9. The van der Waals surface area contributed by atoms with Gasteiger partial charge in [-0.1, -0.05) is 6.07 Å². The van der Waals surface area contributed by atoms with E-state index in [1.54, 1.807) is 0 Å². The van der Waals surface area contributed by atoms with Crippen molar-refractivity contribution in [3.05, 3.63) is 41.3 Å². The van der Waals surface area contributed by atoms with Gasteiger partial charge in [0.05, 0.1) is 30.9 Å². The molecule has 2 atom stereocenters. The molecule has 14 heteroatoms. The number of anilines is 1. The van der Waals surface area contributed by atoms with Crippen LogP contribution >= 0.6 is 0 Å². The maximum atomic E-state index is 13.5. The fourth-order valence-electron chi connectivity index (χ4n) is 5.27. The van der Waals surface area contributed by atoms with E-state index in [1.165, 1.54) is 17.9 Å². The highest BCUT2D eigenvalue weighted by Crippen LogP contribution is 2.40. The Morgan fingerprint density at radius 1 is 0.947 bits per heavy atom. The summed E-state index contributed by atoms with van der Waals surface area (Å²) in [5.41, 5.74) is 0.390. The number of hydrogen-bond donors (Lipinski definition) is 0. The van der Waals surface area contributed by atoms with Crippen LogP contribution in [0.4, 0.5) is 45.2 Å². The molecule has 0 saturated carbocycles. The molecule has 2 bridgehead atoms. The van der Waals surface area contributed by atoms with E-state index >= 15 is 0 Å². The molecule has 0 spiro atoms. The Morgan fingerprint density at radius 3 is 2.03 bits per heavy atom. The van der Waals surface area contributed by atoms with E-state index in [0.717, 1.165) is 31.1 Å². The summed E-state index contributed by atoms with van der Waals surface area (Å²) in [5.74, 6) is -0.524. The fraction of sp³-hybridized carbons (Fsp3) is 0.667. The van der Waals surface area contributed by atoms with Crippen LogP contribution in [0, 0.1) is 0 Å². The molecule has 0 aliphatic carbocycles. The zero-order valence-electron chi connectivity index (χ0n) is 20.5. The largest absolute Gasteiger partial charge is 0.457 e. The van der Waals surface area contributed by atoms with Crippen LogP contribution in [0.3, 0.4) is 0 Å². The van der Waals surface area contributed by atoms with Gasteiger partial charge in [0.15, 0.2) is 5.88 Å². The molecule has 0 N–H and O–H groups in total. The molecule has 0 aromatic heterocycles. The lowest BCUT2D eigenvalue weighted by atomic mass is 10.0. The van der Waals surface area contributed by atoms with Gasteiger partial charge in [-0.2, -0.15) is 39.5 Å². The highest BCUT2D eigenvalue weighted by Gasteiger charge is 2.59. The van der Waals surface area contributed by atoms with Crippen LogP contribution in [0.25, 0.3) is 0 Å². The molecule has 0 radical (unpaired) electrons. The minimum absolute atomic E-state index is 0.0301. The highest BCUT2D eigenvalue weighted by molar-refractivity contribution is 5.59. The summed E-state index contributed by atoms with van der Waals surface area (Å²) in [6, 6.07) is 3.56. The number of rotatable bonds is 6. The van der Waals surface area contributed by atoms with Crippen LogP contribution in [0.5, 0.6) is 0 Å². The molecule has 3 aliphatic rings. The normalized spacial score (nSPS) is 23.9. The maximum absolute atomic E-state index is 13.5. The summed E-state index contributed by atoms with van der Waals surface area (Å²) in [7, 11) is 0. The van der Waals surface area contributed by atoms with Crippen molar-refractivity contribution in [3.8, 4) is 0 Å². The number of alkyl halides is 9. The standard InChI is InChI=1S/C24H28F9N3O2/c1-2-20(38-21(23(28,29)30)24(31,32)33)35-9-7-34(8-10-35)12-15-3-4-16(22(25,26)27)11-19(15)36-17-5-6-18(36)14-37-13-17/h2-4,11,17-18,21H,5-10,12-14H2,1H3/b20-2+. The van der Waals surface area contributed by atoms with Gasteiger partial charge in [-0.15, -0.1) is 0 Å². The van der Waals surface area contributed by atoms with Crippen molar-refractivity contribution in [2.45, 2.75) is 63.0 Å². The quantitative estimate of drug-likeness (QED) is 0.335. The molecule has 5 nitrogen and oxygen atoms in total. The molecule has 38 heavy (non-hydrogen) atoms. The number of piperazine rings is 1. The van der Waals surface area contributed by atoms with E-state index in [1.807, 2.05) is 9.80 Å². The van der Waals surface area contributed by atoms with E-state index in [9.17, 15) is 39.5 Å². The first-order chi connectivity index (χ1) is 17.7. The minimum Gasteiger partial charge on any atom is -0.457 e. The van der Waals surface area contributed by atoms with Crippen LogP contribution in [-0.2, 0) is 22.2 Å². The predicted octanol–water partition coefficient (Wildman–Crippen LogP) is 5.56. The van der Waals surface area contributed by atoms with E-state index < -0.39 is 36.1 Å². The highest BCUT2D eigenvalue weighted by atomic mass is 19.4. The number of ether oxygens (including phenoxy) is 2. The number of morpholine rings is 1. The first-order valence-electron chi connectivity index (χ1n) is 12.2. The summed E-state index contributed by atoms with van der Waals surface area (Å²) >= 11 is 0. The van der Waals surface area contributed by atoms with Crippen molar-refractivity contribution in [1.82, 2.24) is 9.80 Å². The Kier molecular flexibility index (Phi) is 8.04. The zero-order valence-corrected chi connectivity index (χ0v) is 20.5. The summed E-state index contributed by atoms with van der Waals surface area (Å²) in [6.45, 7) is 3.11. The van der Waals surface area contributed by atoms with Gasteiger partial charge >= 0.3 is 18.5 Å². The number of fused-ring (bicyclic) bond motifs is 2. The van der Waals surface area contributed by atoms with Crippen LogP contribution in [0.1, 0.15) is 30.9 Å². The number of hydrogen-bond acceptors (Lipinski definition) is 5. The molecule has 1 aromatic carbocycles. The summed E-state index contributed by atoms with van der Waals surface area (Å²) in [4.78, 5) is 5.21. The summed E-state index contributed by atoms with van der Waals surface area (Å²) in [6.07, 6.45) is -17.1. The van der Waals surface area contributed by atoms with E-state index in [-0.39, 0.29) is 44.8 Å². The summed E-state index contributed by atoms with van der Waals surface area (Å²) in [5, 5.41) is 0. The average molecular weight is 561 g/mol. The molecule has 3 fully saturated rings. The molecule has 3 heterocycles. The van der Waals surface area contributed by atoms with Gasteiger partial charge < -0.3 is 19.3 Å². The van der Waals surface area contributed by atoms with Gasteiger partial charge in [-0.05, 0) is 43.5 Å². The van der Waals surface area contributed by atoms with Crippen molar-refractivity contribution in [3.63, 3.8) is 0 Å². The lowest BCUT2D eigenvalue weighted by molar-refractivity contribution is -0.317. The lowest BCUT2D eigenvalue weighted by Crippen LogP contribution is -2.49. The molecule has 214 valence electrons. The average Bonchev–Trinajstić information content (AvgIpc) is 3.05. The Hall–Kier alpha value is -2.35. The molecule has 3 aliphatic heterocycles. The van der Waals surface area contributed by atoms with Crippen molar-refractivity contribution in [1.29, 1.82) is 0 Å². The molecule has 3 saturated heterocycles. The van der Waals surface area contributed by atoms with Crippen LogP contribution in [0.2, 0.25) is 0 Å². The number of nitrogens with zero attached hydrogens (tertiary/aromatic N) is 3. The van der Waals surface area contributed by atoms with Gasteiger partial charge in [0.2, 0.25) is 0 Å². The minimum atomic E-state index is -5.63. The molecule has 0 amide bonds. The monoisotopic (exact) mass is 561 g/mol. The lowest BCUT2D eigenvalue weighted by Gasteiger charge is -2.40. The maximum Gasteiger partial charge on any atom is 0.434 e. The number of benzene rings is 1. The van der Waals surface area contributed by atoms with E-state index in [4.69, 9.17) is 4.74 Å². The van der Waals surface area contributed by atoms with Crippen LogP contribution < -0.4 is 4.90 Å². The molecule has 1 aromatic rings. The third-order valence-corrected chi connectivity index (χ3v) is 7.09. The van der Waals surface area contributed by atoms with Gasteiger partial charge in [0.1, 0.15) is 0 Å². The second-order valence-electron chi connectivity index (χ2n) is 9.64. The Labute approximate surface area is 213 Å². The Morgan fingerprint density at radius 2 is 1.53 bits per heavy atom. The van der Waals surface area contributed by atoms with Gasteiger partial charge in [0.25, 0.3) is 6.10 Å². The van der Waals surface area contributed by atoms with E-state index in [2.05, 4.69) is 4.74 Å². The van der Waals surface area contributed by atoms with Crippen molar-refractivity contribution >= 4 is 5.69 Å². The third-order valence-electron chi connectivity index (χ3n) is 7.09. The second-order valence-corrected chi connectivity index (χ2v) is 9.64. The van der Waals surface area contributed by atoms with Crippen molar-refractivity contribution in [2.24, 2.45) is 0 Å². The first-order valence-corrected chi connectivity index (χ1v) is 12.2. The molecular formula is C24H28F9N3O2. The van der Waals surface area contributed by atoms with Crippen LogP contribution in [-0.4, -0.2) is 79.7 Å². The number of allylic oxidation sites excluding steroid dienone is 1. The van der Waals surface area contributed by atoms with Crippen molar-refractivity contribution in [2.75, 3.05) is 44.3 Å². The molecule has 2 unspecified atom stereocenters. The van der Waals surface area contributed by atoms with Gasteiger partial charge in [-0.3, -0.25) is 4.90 Å². The summed E-state index contributed by atoms with van der Waals surface area (Å²) < 4.78 is 128. The topological polar surface area (TPSA) is 28.2 Å². The van der Waals surface area contributed by atoms with Crippen LogP contribution in [0.15, 0.2) is 30.2 Å². The third kappa shape index (κ3) is 6.27. The molecular weight excluding hydrogens is 533 g/mol. The number of halogens is 9. The Balaban J connectivity index is 1.47. The molecule has 4 rings (SSSR count). The predicted molar refractivity (Wildman–Crippen MR) is 119 cm³/mol. The van der Waals surface area contributed by atoms with Gasteiger partial charge in [-0.25, -0.2) is 0 Å². The fourth-order valence-corrected chi connectivity index (χ4v) is 5.27.